The third-order valence-corrected chi connectivity index (χ3v) is 3.14. The number of hydrogen-bond donors (Lipinski definition) is 2. The average Bonchev–Trinajstić information content (AvgIpc) is 2.40. The highest BCUT2D eigenvalue weighted by Crippen LogP contribution is 2.17. The Balaban J connectivity index is 2.04. The van der Waals surface area contributed by atoms with Crippen LogP contribution in [0.2, 0.25) is 0 Å². The van der Waals surface area contributed by atoms with Crippen molar-refractivity contribution in [3.05, 3.63) is 52.7 Å². The van der Waals surface area contributed by atoms with E-state index in [1.165, 1.54) is 5.56 Å². The molecule has 0 amide bonds. The van der Waals surface area contributed by atoms with Gasteiger partial charge in [-0.2, -0.15) is 5.26 Å². The number of nitrogens with two attached hydrogens (primary N) is 1. The molecule has 1 heterocycles. The second kappa shape index (κ2) is 6.07. The molecule has 4 heteroatoms. The second-order valence-electron chi connectivity index (χ2n) is 4.83. The zero-order chi connectivity index (χ0) is 14.5. The molecule has 2 aromatic rings. The number of nitrogen functional groups attached to an aromatic ring is 1. The molecule has 0 atom stereocenters. The summed E-state index contributed by atoms with van der Waals surface area (Å²) >= 11 is 0. The number of aryl methyl sites for hydroxylation is 2. The van der Waals surface area contributed by atoms with Crippen LogP contribution < -0.4 is 11.1 Å². The maximum atomic E-state index is 9.19. The van der Waals surface area contributed by atoms with Crippen LogP contribution in [-0.4, -0.2) is 11.5 Å². The Morgan fingerprint density at radius 1 is 1.25 bits per heavy atom. The molecule has 0 aliphatic heterocycles. The van der Waals surface area contributed by atoms with Crippen molar-refractivity contribution in [1.82, 2.24) is 4.98 Å². The Hall–Kier alpha value is -2.54. The van der Waals surface area contributed by atoms with E-state index >= 15 is 0 Å². The molecule has 102 valence electrons. The molecule has 0 fully saturated rings. The smallest absolute Gasteiger partial charge is 0.144 e. The van der Waals surface area contributed by atoms with E-state index in [1.807, 2.05) is 44.2 Å². The molecule has 4 nitrogen and oxygen atoms in total. The quantitative estimate of drug-likeness (QED) is 0.834. The van der Waals surface area contributed by atoms with Crippen molar-refractivity contribution in [2.75, 3.05) is 17.6 Å². The molecular formula is C16H18N4. The summed E-state index contributed by atoms with van der Waals surface area (Å²) in [5.41, 5.74) is 10.1. The van der Waals surface area contributed by atoms with Crippen LogP contribution in [0.4, 0.5) is 11.5 Å². The lowest BCUT2D eigenvalue weighted by molar-refractivity contribution is 0.996. The van der Waals surface area contributed by atoms with Gasteiger partial charge >= 0.3 is 0 Å². The summed E-state index contributed by atoms with van der Waals surface area (Å²) in [6.45, 7) is 4.59. The van der Waals surface area contributed by atoms with Crippen LogP contribution in [0.15, 0.2) is 30.3 Å². The van der Waals surface area contributed by atoms with Gasteiger partial charge in [-0.15, -0.1) is 0 Å². The van der Waals surface area contributed by atoms with Gasteiger partial charge in [0.2, 0.25) is 0 Å². The van der Waals surface area contributed by atoms with Crippen molar-refractivity contribution in [2.45, 2.75) is 20.3 Å². The van der Waals surface area contributed by atoms with E-state index < -0.39 is 0 Å². The van der Waals surface area contributed by atoms with Gasteiger partial charge in [-0.1, -0.05) is 12.1 Å². The van der Waals surface area contributed by atoms with Crippen molar-refractivity contribution in [3.8, 4) is 6.07 Å². The summed E-state index contributed by atoms with van der Waals surface area (Å²) in [4.78, 5) is 4.40. The van der Waals surface area contributed by atoms with Gasteiger partial charge in [-0.3, -0.25) is 0 Å². The first-order valence-corrected chi connectivity index (χ1v) is 6.57. The number of nitrogens with one attached hydrogen (secondary N) is 1. The molecule has 2 rings (SSSR count). The standard InChI is InChI=1S/C16H18N4/c1-11-9-12(2)20-16(15(11)10-17)19-8-7-13-3-5-14(18)6-4-13/h3-6,9H,7-8,18H2,1-2H3,(H,19,20). The van der Waals surface area contributed by atoms with Crippen molar-refractivity contribution >= 4 is 11.5 Å². The fourth-order valence-corrected chi connectivity index (χ4v) is 2.12. The van der Waals surface area contributed by atoms with Gasteiger partial charge in [-0.05, 0) is 49.6 Å². The largest absolute Gasteiger partial charge is 0.399 e. The van der Waals surface area contributed by atoms with Crippen LogP contribution in [0.3, 0.4) is 0 Å². The average molecular weight is 266 g/mol. The number of nitriles is 1. The van der Waals surface area contributed by atoms with E-state index in [1.54, 1.807) is 0 Å². The van der Waals surface area contributed by atoms with Gasteiger partial charge in [0.05, 0.1) is 5.56 Å². The summed E-state index contributed by atoms with van der Waals surface area (Å²) in [6.07, 6.45) is 0.861. The monoisotopic (exact) mass is 266 g/mol. The van der Waals surface area contributed by atoms with Crippen LogP contribution in [0, 0.1) is 25.2 Å². The fourth-order valence-electron chi connectivity index (χ4n) is 2.12. The summed E-state index contributed by atoms with van der Waals surface area (Å²) < 4.78 is 0. The Bertz CT molecular complexity index is 639. The summed E-state index contributed by atoms with van der Waals surface area (Å²) in [5, 5.41) is 12.4. The van der Waals surface area contributed by atoms with Crippen molar-refractivity contribution in [3.63, 3.8) is 0 Å². The molecule has 1 aromatic heterocycles. The SMILES string of the molecule is Cc1cc(C)c(C#N)c(NCCc2ccc(N)cc2)n1. The first-order valence-electron chi connectivity index (χ1n) is 6.57. The van der Waals surface area contributed by atoms with E-state index in [9.17, 15) is 5.26 Å². The first-order chi connectivity index (χ1) is 9.60. The van der Waals surface area contributed by atoms with Crippen molar-refractivity contribution in [2.24, 2.45) is 0 Å². The molecule has 0 radical (unpaired) electrons. The Kier molecular flexibility index (Phi) is 4.21. The fraction of sp³-hybridized carbons (Fsp3) is 0.250. The Labute approximate surface area is 119 Å². The molecular weight excluding hydrogens is 248 g/mol. The lowest BCUT2D eigenvalue weighted by Crippen LogP contribution is -2.09. The van der Waals surface area contributed by atoms with Crippen LogP contribution in [0.25, 0.3) is 0 Å². The molecule has 0 unspecified atom stereocenters. The molecule has 0 bridgehead atoms. The van der Waals surface area contributed by atoms with Crippen LogP contribution >= 0.6 is 0 Å². The number of nitrogens with zero attached hydrogens (tertiary/aromatic N) is 2. The highest BCUT2D eigenvalue weighted by molar-refractivity contribution is 5.56. The third-order valence-electron chi connectivity index (χ3n) is 3.14. The summed E-state index contributed by atoms with van der Waals surface area (Å²) in [7, 11) is 0. The number of benzene rings is 1. The van der Waals surface area contributed by atoms with Gasteiger partial charge in [-0.25, -0.2) is 4.98 Å². The minimum Gasteiger partial charge on any atom is -0.399 e. The van der Waals surface area contributed by atoms with Crippen LogP contribution in [0.1, 0.15) is 22.4 Å². The zero-order valence-corrected chi connectivity index (χ0v) is 11.8. The molecule has 0 saturated carbocycles. The summed E-state index contributed by atoms with van der Waals surface area (Å²) in [5.74, 6) is 0.667. The van der Waals surface area contributed by atoms with E-state index in [0.717, 1.165) is 29.9 Å². The maximum Gasteiger partial charge on any atom is 0.144 e. The highest BCUT2D eigenvalue weighted by Gasteiger charge is 2.07. The van der Waals surface area contributed by atoms with Gasteiger partial charge in [0.25, 0.3) is 0 Å². The normalized spacial score (nSPS) is 10.1. The second-order valence-corrected chi connectivity index (χ2v) is 4.83. The Morgan fingerprint density at radius 3 is 2.60 bits per heavy atom. The van der Waals surface area contributed by atoms with E-state index in [-0.39, 0.29) is 0 Å². The van der Waals surface area contributed by atoms with Gasteiger partial charge < -0.3 is 11.1 Å². The molecule has 1 aromatic carbocycles. The van der Waals surface area contributed by atoms with Crippen molar-refractivity contribution in [1.29, 1.82) is 5.26 Å². The van der Waals surface area contributed by atoms with E-state index in [2.05, 4.69) is 16.4 Å². The first kappa shape index (κ1) is 13.9. The van der Waals surface area contributed by atoms with Crippen LogP contribution in [0.5, 0.6) is 0 Å². The zero-order valence-electron chi connectivity index (χ0n) is 11.8. The van der Waals surface area contributed by atoms with E-state index in [4.69, 9.17) is 5.73 Å². The number of rotatable bonds is 4. The molecule has 3 N–H and O–H groups in total. The number of aromatic nitrogens is 1. The molecule has 0 saturated heterocycles. The predicted octanol–water partition coefficient (Wildman–Crippen LogP) is 2.81. The van der Waals surface area contributed by atoms with Gasteiger partial charge in [0, 0.05) is 17.9 Å². The lowest BCUT2D eigenvalue weighted by Gasteiger charge is -2.10. The van der Waals surface area contributed by atoms with Gasteiger partial charge in [0.15, 0.2) is 0 Å². The number of pyridine rings is 1. The molecule has 0 aliphatic carbocycles. The van der Waals surface area contributed by atoms with Crippen molar-refractivity contribution < 1.29 is 0 Å². The maximum absolute atomic E-state index is 9.19. The van der Waals surface area contributed by atoms with Crippen LogP contribution in [-0.2, 0) is 6.42 Å². The minimum absolute atomic E-state index is 0.618. The lowest BCUT2D eigenvalue weighted by atomic mass is 10.1. The third kappa shape index (κ3) is 3.27. The molecule has 0 aliphatic rings. The number of anilines is 2. The highest BCUT2D eigenvalue weighted by atomic mass is 15.0. The van der Waals surface area contributed by atoms with Gasteiger partial charge in [0.1, 0.15) is 11.9 Å². The molecule has 0 spiro atoms. The minimum atomic E-state index is 0.618. The van der Waals surface area contributed by atoms with E-state index in [0.29, 0.717) is 11.4 Å². The topological polar surface area (TPSA) is 74.7 Å². The summed E-state index contributed by atoms with van der Waals surface area (Å²) in [6, 6.07) is 11.9. The molecule has 20 heavy (non-hydrogen) atoms. The number of hydrogen-bond acceptors (Lipinski definition) is 4. The predicted molar refractivity (Wildman–Crippen MR) is 81.5 cm³/mol. The Morgan fingerprint density at radius 2 is 1.95 bits per heavy atom.